The highest BCUT2D eigenvalue weighted by atomic mass is 16.5. The first-order valence-corrected chi connectivity index (χ1v) is 10.00. The predicted molar refractivity (Wildman–Crippen MR) is 116 cm³/mol. The number of ether oxygens (including phenoxy) is 2. The minimum Gasteiger partial charge on any atom is -0.490 e. The van der Waals surface area contributed by atoms with Crippen molar-refractivity contribution in [2.75, 3.05) is 18.1 Å². The maximum absolute atomic E-state index is 13.0. The molecule has 1 heterocycles. The summed E-state index contributed by atoms with van der Waals surface area (Å²) in [5, 5.41) is 11.2. The number of hydrogen-bond donors (Lipinski definition) is 2. The summed E-state index contributed by atoms with van der Waals surface area (Å²) in [7, 11) is 0. The molecule has 166 valence electrons. The number of carboxylic acids is 1. The quantitative estimate of drug-likeness (QED) is 0.479. The summed E-state index contributed by atoms with van der Waals surface area (Å²) >= 11 is 0. The average Bonchev–Trinajstić information content (AvgIpc) is 2.76. The molecule has 9 nitrogen and oxygen atoms in total. The molecule has 4 amide bonds. The lowest BCUT2D eigenvalue weighted by molar-refractivity contribution is -0.122. The summed E-state index contributed by atoms with van der Waals surface area (Å²) in [4.78, 5) is 49.5. The molecule has 1 aliphatic rings. The van der Waals surface area contributed by atoms with E-state index in [1.54, 1.807) is 18.2 Å². The van der Waals surface area contributed by atoms with Gasteiger partial charge in [0, 0.05) is 0 Å². The van der Waals surface area contributed by atoms with Crippen LogP contribution in [0, 0.1) is 0 Å². The molecule has 1 fully saturated rings. The van der Waals surface area contributed by atoms with Crippen LogP contribution in [0.1, 0.15) is 36.2 Å². The Bertz CT molecular complexity index is 1090. The zero-order valence-corrected chi connectivity index (χ0v) is 17.6. The van der Waals surface area contributed by atoms with Crippen LogP contribution in [0.2, 0.25) is 0 Å². The number of imide groups is 2. The summed E-state index contributed by atoms with van der Waals surface area (Å²) in [6.45, 7) is 4.72. The minimum absolute atomic E-state index is 0.000654. The van der Waals surface area contributed by atoms with Gasteiger partial charge in [-0.2, -0.15) is 0 Å². The van der Waals surface area contributed by atoms with Crippen molar-refractivity contribution in [2.24, 2.45) is 0 Å². The zero-order valence-electron chi connectivity index (χ0n) is 17.6. The highest BCUT2D eigenvalue weighted by Crippen LogP contribution is 2.30. The lowest BCUT2D eigenvalue weighted by Crippen LogP contribution is -2.54. The molecule has 0 aromatic heterocycles. The van der Waals surface area contributed by atoms with Gasteiger partial charge >= 0.3 is 12.0 Å². The highest BCUT2D eigenvalue weighted by molar-refractivity contribution is 6.39. The van der Waals surface area contributed by atoms with Gasteiger partial charge in [0.1, 0.15) is 5.57 Å². The predicted octanol–water partition coefficient (Wildman–Crippen LogP) is 3.24. The number of carboxylic acid groups (broad SMARTS) is 1. The first-order chi connectivity index (χ1) is 15.3. The molecule has 0 radical (unpaired) electrons. The summed E-state index contributed by atoms with van der Waals surface area (Å²) in [5.74, 6) is -1.78. The maximum atomic E-state index is 13.0. The molecule has 0 aliphatic carbocycles. The van der Waals surface area contributed by atoms with Gasteiger partial charge in [-0.05, 0) is 61.4 Å². The summed E-state index contributed by atoms with van der Waals surface area (Å²) < 4.78 is 11.3. The number of barbiturate groups is 1. The van der Waals surface area contributed by atoms with E-state index >= 15 is 0 Å². The van der Waals surface area contributed by atoms with Crippen LogP contribution in [0.3, 0.4) is 0 Å². The normalized spacial score (nSPS) is 15.0. The Morgan fingerprint density at radius 3 is 2.38 bits per heavy atom. The highest BCUT2D eigenvalue weighted by Gasteiger charge is 2.36. The molecule has 0 bridgehead atoms. The van der Waals surface area contributed by atoms with E-state index < -0.39 is 23.8 Å². The number of urea groups is 1. The molecule has 0 saturated carbocycles. The molecule has 0 spiro atoms. The van der Waals surface area contributed by atoms with Crippen LogP contribution in [0.15, 0.2) is 48.0 Å². The van der Waals surface area contributed by atoms with Crippen LogP contribution < -0.4 is 19.7 Å². The number of nitrogens with one attached hydrogen (secondary N) is 1. The van der Waals surface area contributed by atoms with E-state index in [0.717, 1.165) is 11.3 Å². The number of amides is 4. The van der Waals surface area contributed by atoms with Gasteiger partial charge < -0.3 is 14.6 Å². The summed E-state index contributed by atoms with van der Waals surface area (Å²) in [5.41, 5.74) is 0.386. The number of anilines is 1. The maximum Gasteiger partial charge on any atom is 0.335 e. The number of aromatic carboxylic acids is 1. The van der Waals surface area contributed by atoms with Gasteiger partial charge in [0.05, 0.1) is 24.5 Å². The first-order valence-electron chi connectivity index (χ1n) is 10.00. The van der Waals surface area contributed by atoms with Gasteiger partial charge in [0.2, 0.25) is 0 Å². The van der Waals surface area contributed by atoms with E-state index in [1.165, 1.54) is 30.3 Å². The molecular formula is C23H22N2O7. The van der Waals surface area contributed by atoms with E-state index in [2.05, 4.69) is 5.32 Å². The molecule has 9 heteroatoms. The molecule has 2 aromatic rings. The third-order valence-electron chi connectivity index (χ3n) is 4.51. The lowest BCUT2D eigenvalue weighted by Gasteiger charge is -2.26. The van der Waals surface area contributed by atoms with Crippen molar-refractivity contribution >= 4 is 35.6 Å². The Labute approximate surface area is 184 Å². The van der Waals surface area contributed by atoms with Crippen molar-refractivity contribution < 1.29 is 33.8 Å². The topological polar surface area (TPSA) is 122 Å². The Morgan fingerprint density at radius 1 is 1.03 bits per heavy atom. The second-order valence-corrected chi connectivity index (χ2v) is 6.80. The summed E-state index contributed by atoms with van der Waals surface area (Å²) in [6, 6.07) is 9.25. The van der Waals surface area contributed by atoms with Gasteiger partial charge in [0.15, 0.2) is 11.5 Å². The van der Waals surface area contributed by atoms with E-state index in [-0.39, 0.29) is 16.8 Å². The molecule has 2 aromatic carbocycles. The molecule has 0 atom stereocenters. The van der Waals surface area contributed by atoms with Crippen LogP contribution in [-0.4, -0.2) is 42.1 Å². The largest absolute Gasteiger partial charge is 0.490 e. The third kappa shape index (κ3) is 4.77. The number of hydrogen-bond acceptors (Lipinski definition) is 6. The molecule has 1 aliphatic heterocycles. The van der Waals surface area contributed by atoms with Crippen LogP contribution in [-0.2, 0) is 9.59 Å². The van der Waals surface area contributed by atoms with Gasteiger partial charge in [0.25, 0.3) is 11.8 Å². The fraction of sp³-hybridized carbons (Fsp3) is 0.217. The fourth-order valence-corrected chi connectivity index (χ4v) is 3.03. The number of benzene rings is 2. The summed E-state index contributed by atoms with van der Waals surface area (Å²) in [6.07, 6.45) is 2.18. The van der Waals surface area contributed by atoms with E-state index in [9.17, 15) is 19.2 Å². The van der Waals surface area contributed by atoms with Crippen LogP contribution in [0.25, 0.3) is 6.08 Å². The SMILES string of the molecule is CCCOc1ccc(/C=C2\C(=O)NC(=O)N(c3ccc(C(=O)O)cc3)C2=O)cc1OCC. The van der Waals surface area contributed by atoms with Gasteiger partial charge in [-0.15, -0.1) is 0 Å². The molecule has 2 N–H and O–H groups in total. The Hall–Kier alpha value is -4.14. The van der Waals surface area contributed by atoms with Gasteiger partial charge in [-0.25, -0.2) is 14.5 Å². The standard InChI is InChI=1S/C23H22N2O7/c1-3-11-32-18-10-5-14(13-19(18)31-4-2)12-17-20(26)24-23(30)25(21(17)27)16-8-6-15(7-9-16)22(28)29/h5-10,12-13H,3-4,11H2,1-2H3,(H,28,29)(H,24,26,30)/b17-12+. The Kier molecular flexibility index (Phi) is 6.89. The van der Waals surface area contributed by atoms with Crippen LogP contribution in [0.4, 0.5) is 10.5 Å². The number of rotatable bonds is 8. The average molecular weight is 438 g/mol. The van der Waals surface area contributed by atoms with E-state index in [0.29, 0.717) is 30.3 Å². The number of carbonyl (C=O) groups is 4. The fourth-order valence-electron chi connectivity index (χ4n) is 3.03. The lowest BCUT2D eigenvalue weighted by atomic mass is 10.1. The first kappa shape index (κ1) is 22.5. The number of carbonyl (C=O) groups excluding carboxylic acids is 3. The van der Waals surface area contributed by atoms with Crippen molar-refractivity contribution in [1.29, 1.82) is 0 Å². The number of nitrogens with zero attached hydrogens (tertiary/aromatic N) is 1. The van der Waals surface area contributed by atoms with Crippen molar-refractivity contribution in [1.82, 2.24) is 5.32 Å². The van der Waals surface area contributed by atoms with E-state index in [1.807, 2.05) is 13.8 Å². The van der Waals surface area contributed by atoms with Crippen LogP contribution >= 0.6 is 0 Å². The molecule has 0 unspecified atom stereocenters. The Balaban J connectivity index is 1.94. The van der Waals surface area contributed by atoms with Gasteiger partial charge in [-0.1, -0.05) is 13.0 Å². The molecule has 1 saturated heterocycles. The minimum atomic E-state index is -1.14. The second-order valence-electron chi connectivity index (χ2n) is 6.80. The molecule has 32 heavy (non-hydrogen) atoms. The zero-order chi connectivity index (χ0) is 23.3. The van der Waals surface area contributed by atoms with Crippen molar-refractivity contribution in [3.63, 3.8) is 0 Å². The Morgan fingerprint density at radius 2 is 1.75 bits per heavy atom. The monoisotopic (exact) mass is 438 g/mol. The molecular weight excluding hydrogens is 416 g/mol. The third-order valence-corrected chi connectivity index (χ3v) is 4.51. The van der Waals surface area contributed by atoms with E-state index in [4.69, 9.17) is 14.6 Å². The van der Waals surface area contributed by atoms with Gasteiger partial charge in [-0.3, -0.25) is 14.9 Å². The van der Waals surface area contributed by atoms with Crippen LogP contribution in [0.5, 0.6) is 11.5 Å². The second kappa shape index (κ2) is 9.78. The smallest absolute Gasteiger partial charge is 0.335 e. The van der Waals surface area contributed by atoms with Crippen molar-refractivity contribution in [3.8, 4) is 11.5 Å². The van der Waals surface area contributed by atoms with Crippen molar-refractivity contribution in [3.05, 3.63) is 59.2 Å². The van der Waals surface area contributed by atoms with Crippen molar-refractivity contribution in [2.45, 2.75) is 20.3 Å². The molecule has 3 rings (SSSR count).